The van der Waals surface area contributed by atoms with E-state index in [-0.39, 0.29) is 11.6 Å². The van der Waals surface area contributed by atoms with Crippen molar-refractivity contribution in [2.75, 3.05) is 6.54 Å². The van der Waals surface area contributed by atoms with Crippen LogP contribution in [0.2, 0.25) is 0 Å². The standard InChI is InChI=1S/C14H23BrN2O/c1-5-6-12(10-17-14(2,3)4)18-13-7-11(15)8-16-9-13/h7-9,12,17H,5-6,10H2,1-4H3. The van der Waals surface area contributed by atoms with Gasteiger partial charge in [-0.1, -0.05) is 13.3 Å². The summed E-state index contributed by atoms with van der Waals surface area (Å²) in [6.07, 6.45) is 5.85. The van der Waals surface area contributed by atoms with Crippen LogP contribution in [0.4, 0.5) is 0 Å². The molecular formula is C14H23BrN2O. The summed E-state index contributed by atoms with van der Waals surface area (Å²) in [5, 5.41) is 3.48. The number of hydrogen-bond donors (Lipinski definition) is 1. The molecule has 1 atom stereocenters. The number of halogens is 1. The smallest absolute Gasteiger partial charge is 0.139 e. The quantitative estimate of drug-likeness (QED) is 0.867. The molecule has 1 rings (SSSR count). The van der Waals surface area contributed by atoms with Crippen LogP contribution in [0.1, 0.15) is 40.5 Å². The fraction of sp³-hybridized carbons (Fsp3) is 0.643. The molecule has 0 amide bonds. The van der Waals surface area contributed by atoms with Crippen molar-refractivity contribution in [3.63, 3.8) is 0 Å². The highest BCUT2D eigenvalue weighted by Crippen LogP contribution is 2.18. The molecule has 18 heavy (non-hydrogen) atoms. The van der Waals surface area contributed by atoms with Gasteiger partial charge in [-0.05, 0) is 49.2 Å². The Bertz CT molecular complexity index is 363. The SMILES string of the molecule is CCCC(CNC(C)(C)C)Oc1cncc(Br)c1. The van der Waals surface area contributed by atoms with Gasteiger partial charge in [0.05, 0.1) is 6.20 Å². The molecule has 0 aliphatic rings. The van der Waals surface area contributed by atoms with Crippen LogP contribution in [0.15, 0.2) is 22.9 Å². The van der Waals surface area contributed by atoms with Gasteiger partial charge < -0.3 is 10.1 Å². The van der Waals surface area contributed by atoms with Crippen molar-refractivity contribution < 1.29 is 4.74 Å². The normalized spacial score (nSPS) is 13.4. The Labute approximate surface area is 118 Å². The third kappa shape index (κ3) is 6.36. The summed E-state index contributed by atoms with van der Waals surface area (Å²) in [5.74, 6) is 0.818. The van der Waals surface area contributed by atoms with Crippen LogP contribution < -0.4 is 10.1 Å². The summed E-state index contributed by atoms with van der Waals surface area (Å²) >= 11 is 3.40. The average molecular weight is 315 g/mol. The number of hydrogen-bond acceptors (Lipinski definition) is 3. The molecule has 0 fully saturated rings. The Morgan fingerprint density at radius 3 is 2.67 bits per heavy atom. The molecule has 0 radical (unpaired) electrons. The molecule has 0 aromatic carbocycles. The zero-order valence-electron chi connectivity index (χ0n) is 11.7. The predicted octanol–water partition coefficient (Wildman–Crippen LogP) is 3.78. The van der Waals surface area contributed by atoms with Crippen molar-refractivity contribution in [2.24, 2.45) is 0 Å². The monoisotopic (exact) mass is 314 g/mol. The summed E-state index contributed by atoms with van der Waals surface area (Å²) in [7, 11) is 0. The van der Waals surface area contributed by atoms with E-state index in [2.05, 4.69) is 53.9 Å². The average Bonchev–Trinajstić information content (AvgIpc) is 2.25. The van der Waals surface area contributed by atoms with Crippen molar-refractivity contribution in [1.82, 2.24) is 10.3 Å². The minimum Gasteiger partial charge on any atom is -0.487 e. The van der Waals surface area contributed by atoms with E-state index in [1.54, 1.807) is 12.4 Å². The molecule has 0 aliphatic carbocycles. The largest absolute Gasteiger partial charge is 0.487 e. The molecule has 1 unspecified atom stereocenters. The molecule has 1 N–H and O–H groups in total. The first-order valence-electron chi connectivity index (χ1n) is 6.43. The van der Waals surface area contributed by atoms with Gasteiger partial charge in [-0.25, -0.2) is 0 Å². The molecule has 0 saturated carbocycles. The molecule has 0 aliphatic heterocycles. The second kappa shape index (κ2) is 7.10. The lowest BCUT2D eigenvalue weighted by Gasteiger charge is -2.25. The van der Waals surface area contributed by atoms with Gasteiger partial charge in [0.1, 0.15) is 11.9 Å². The highest BCUT2D eigenvalue weighted by molar-refractivity contribution is 9.10. The van der Waals surface area contributed by atoms with E-state index in [0.717, 1.165) is 29.6 Å². The lowest BCUT2D eigenvalue weighted by Crippen LogP contribution is -2.42. The fourth-order valence-corrected chi connectivity index (χ4v) is 1.94. The molecule has 102 valence electrons. The molecular weight excluding hydrogens is 292 g/mol. The summed E-state index contributed by atoms with van der Waals surface area (Å²) in [6, 6.07) is 1.95. The van der Waals surface area contributed by atoms with E-state index in [1.165, 1.54) is 0 Å². The van der Waals surface area contributed by atoms with Gasteiger partial charge >= 0.3 is 0 Å². The van der Waals surface area contributed by atoms with Crippen LogP contribution >= 0.6 is 15.9 Å². The van der Waals surface area contributed by atoms with E-state index in [9.17, 15) is 0 Å². The Hall–Kier alpha value is -0.610. The minimum absolute atomic E-state index is 0.116. The molecule has 1 aromatic rings. The number of nitrogens with one attached hydrogen (secondary N) is 1. The third-order valence-corrected chi connectivity index (χ3v) is 2.89. The van der Waals surface area contributed by atoms with Crippen LogP contribution in [-0.2, 0) is 0 Å². The molecule has 3 nitrogen and oxygen atoms in total. The van der Waals surface area contributed by atoms with Crippen LogP contribution in [0, 0.1) is 0 Å². The van der Waals surface area contributed by atoms with E-state index in [4.69, 9.17) is 4.74 Å². The highest BCUT2D eigenvalue weighted by atomic mass is 79.9. The molecule has 0 saturated heterocycles. The fourth-order valence-electron chi connectivity index (χ4n) is 1.59. The van der Waals surface area contributed by atoms with Gasteiger partial charge in [0.15, 0.2) is 0 Å². The van der Waals surface area contributed by atoms with Crippen LogP contribution in [-0.4, -0.2) is 23.2 Å². The lowest BCUT2D eigenvalue weighted by atomic mass is 10.1. The predicted molar refractivity (Wildman–Crippen MR) is 79.0 cm³/mol. The highest BCUT2D eigenvalue weighted by Gasteiger charge is 2.15. The number of rotatable bonds is 6. The maximum absolute atomic E-state index is 5.98. The third-order valence-electron chi connectivity index (χ3n) is 2.45. The summed E-state index contributed by atoms with van der Waals surface area (Å²) in [5.41, 5.74) is 0.116. The maximum atomic E-state index is 5.98. The first kappa shape index (κ1) is 15.4. The first-order chi connectivity index (χ1) is 8.40. The van der Waals surface area contributed by atoms with Crippen LogP contribution in [0.5, 0.6) is 5.75 Å². The Balaban J connectivity index is 2.57. The Morgan fingerprint density at radius 2 is 2.11 bits per heavy atom. The maximum Gasteiger partial charge on any atom is 0.139 e. The second-order valence-electron chi connectivity index (χ2n) is 5.50. The van der Waals surface area contributed by atoms with E-state index >= 15 is 0 Å². The molecule has 4 heteroatoms. The van der Waals surface area contributed by atoms with Crippen molar-refractivity contribution in [2.45, 2.75) is 52.2 Å². The number of ether oxygens (including phenoxy) is 1. The molecule has 0 bridgehead atoms. The molecule has 0 spiro atoms. The van der Waals surface area contributed by atoms with Gasteiger partial charge in [-0.3, -0.25) is 4.98 Å². The van der Waals surface area contributed by atoms with E-state index in [1.807, 2.05) is 6.07 Å². The van der Waals surface area contributed by atoms with Crippen LogP contribution in [0.25, 0.3) is 0 Å². The van der Waals surface area contributed by atoms with E-state index in [0.29, 0.717) is 0 Å². The first-order valence-corrected chi connectivity index (χ1v) is 7.22. The van der Waals surface area contributed by atoms with Gasteiger partial charge in [-0.2, -0.15) is 0 Å². The van der Waals surface area contributed by atoms with Crippen molar-refractivity contribution in [1.29, 1.82) is 0 Å². The lowest BCUT2D eigenvalue weighted by molar-refractivity contribution is 0.174. The minimum atomic E-state index is 0.116. The molecule has 1 heterocycles. The zero-order valence-corrected chi connectivity index (χ0v) is 13.3. The van der Waals surface area contributed by atoms with Gasteiger partial charge in [0, 0.05) is 22.8 Å². The van der Waals surface area contributed by atoms with Gasteiger partial charge in [-0.15, -0.1) is 0 Å². The van der Waals surface area contributed by atoms with Gasteiger partial charge in [0.2, 0.25) is 0 Å². The van der Waals surface area contributed by atoms with E-state index < -0.39 is 0 Å². The molecule has 1 aromatic heterocycles. The summed E-state index contributed by atoms with van der Waals surface area (Å²) < 4.78 is 6.92. The van der Waals surface area contributed by atoms with Crippen molar-refractivity contribution >= 4 is 15.9 Å². The van der Waals surface area contributed by atoms with Crippen molar-refractivity contribution in [3.8, 4) is 5.75 Å². The Morgan fingerprint density at radius 1 is 1.39 bits per heavy atom. The summed E-state index contributed by atoms with van der Waals surface area (Å²) in [6.45, 7) is 9.51. The van der Waals surface area contributed by atoms with Gasteiger partial charge in [0.25, 0.3) is 0 Å². The number of pyridine rings is 1. The number of nitrogens with zero attached hydrogens (tertiary/aromatic N) is 1. The second-order valence-corrected chi connectivity index (χ2v) is 6.41. The topological polar surface area (TPSA) is 34.1 Å². The number of aromatic nitrogens is 1. The zero-order chi connectivity index (χ0) is 13.6. The summed E-state index contributed by atoms with van der Waals surface area (Å²) in [4.78, 5) is 4.11. The van der Waals surface area contributed by atoms with Crippen LogP contribution in [0.3, 0.4) is 0 Å². The van der Waals surface area contributed by atoms with Crippen molar-refractivity contribution in [3.05, 3.63) is 22.9 Å². The Kier molecular flexibility index (Phi) is 6.09.